The summed E-state index contributed by atoms with van der Waals surface area (Å²) in [5.74, 6) is 1.04. The van der Waals surface area contributed by atoms with Crippen LogP contribution in [0.3, 0.4) is 0 Å². The highest BCUT2D eigenvalue weighted by atomic mass is 32.2. The molecule has 2 aromatic heterocycles. The summed E-state index contributed by atoms with van der Waals surface area (Å²) in [6, 6.07) is 9.85. The first-order chi connectivity index (χ1) is 14.9. The molecule has 166 valence electrons. The van der Waals surface area contributed by atoms with Gasteiger partial charge in [0.25, 0.3) is 0 Å². The Labute approximate surface area is 185 Å². The molecule has 11 heteroatoms. The van der Waals surface area contributed by atoms with Crippen LogP contribution in [0, 0.1) is 0 Å². The van der Waals surface area contributed by atoms with Gasteiger partial charge in [0.2, 0.25) is 15.9 Å². The lowest BCUT2D eigenvalue weighted by Gasteiger charge is -2.18. The Kier molecular flexibility index (Phi) is 7.52. The van der Waals surface area contributed by atoms with Gasteiger partial charge in [0.15, 0.2) is 16.7 Å². The van der Waals surface area contributed by atoms with Crippen LogP contribution in [-0.4, -0.2) is 52.2 Å². The van der Waals surface area contributed by atoms with Crippen molar-refractivity contribution >= 4 is 33.4 Å². The smallest absolute Gasteiger partial charge is 0.243 e. The number of carbonyl (C=O) groups is 1. The van der Waals surface area contributed by atoms with E-state index in [0.717, 1.165) is 0 Å². The molecule has 9 nitrogen and oxygen atoms in total. The number of nitrogens with zero attached hydrogens (tertiary/aromatic N) is 4. The van der Waals surface area contributed by atoms with Gasteiger partial charge in [-0.05, 0) is 37.3 Å². The van der Waals surface area contributed by atoms with Gasteiger partial charge in [0.05, 0.1) is 16.9 Å². The molecule has 31 heavy (non-hydrogen) atoms. The molecule has 1 N–H and O–H groups in total. The molecule has 1 amide bonds. The third-order valence-electron chi connectivity index (χ3n) is 4.57. The van der Waals surface area contributed by atoms with Crippen molar-refractivity contribution in [2.24, 2.45) is 0 Å². The van der Waals surface area contributed by atoms with E-state index < -0.39 is 10.0 Å². The largest absolute Gasteiger partial charge is 0.461 e. The lowest BCUT2D eigenvalue weighted by Crippen LogP contribution is -2.30. The number of hydrogen-bond acceptors (Lipinski definition) is 7. The predicted molar refractivity (Wildman–Crippen MR) is 119 cm³/mol. The van der Waals surface area contributed by atoms with Crippen LogP contribution in [0.25, 0.3) is 11.6 Å². The second-order valence-electron chi connectivity index (χ2n) is 6.48. The lowest BCUT2D eigenvalue weighted by atomic mass is 10.3. The first-order valence-electron chi connectivity index (χ1n) is 9.90. The average Bonchev–Trinajstić information content (AvgIpc) is 3.42. The predicted octanol–water partition coefficient (Wildman–Crippen LogP) is 3.32. The number of carbonyl (C=O) groups excluding carboxylic acids is 1. The Morgan fingerprint density at radius 2 is 1.94 bits per heavy atom. The fourth-order valence-electron chi connectivity index (χ4n) is 3.04. The molecule has 0 unspecified atom stereocenters. The molecule has 0 saturated carbocycles. The SMILES string of the molecule is CCN(CC)S(=O)(=O)c1cccc(NC(=O)CSc2nnc(-c3ccco3)n2CC)c1. The van der Waals surface area contributed by atoms with Crippen molar-refractivity contribution in [2.75, 3.05) is 24.2 Å². The van der Waals surface area contributed by atoms with Crippen LogP contribution in [0.15, 0.2) is 57.1 Å². The summed E-state index contributed by atoms with van der Waals surface area (Å²) in [6.07, 6.45) is 1.57. The van der Waals surface area contributed by atoms with Gasteiger partial charge in [-0.25, -0.2) is 8.42 Å². The number of hydrogen-bond donors (Lipinski definition) is 1. The van der Waals surface area contributed by atoms with Gasteiger partial charge in [0, 0.05) is 25.3 Å². The van der Waals surface area contributed by atoms with Crippen molar-refractivity contribution in [3.63, 3.8) is 0 Å². The van der Waals surface area contributed by atoms with Crippen molar-refractivity contribution in [3.05, 3.63) is 42.7 Å². The standard InChI is InChI=1S/C20H25N5O4S2/c1-4-24(5-2)31(27,28)16-10-7-9-15(13-16)21-18(26)14-30-20-23-22-19(25(20)6-3)17-11-8-12-29-17/h7-13H,4-6,14H2,1-3H3,(H,21,26). The van der Waals surface area contributed by atoms with Gasteiger partial charge in [-0.1, -0.05) is 31.7 Å². The van der Waals surface area contributed by atoms with E-state index in [1.54, 1.807) is 44.4 Å². The Morgan fingerprint density at radius 1 is 1.16 bits per heavy atom. The number of aromatic nitrogens is 3. The fraction of sp³-hybridized carbons (Fsp3) is 0.350. The second kappa shape index (κ2) is 10.1. The van der Waals surface area contributed by atoms with Crippen LogP contribution in [-0.2, 0) is 21.4 Å². The molecular weight excluding hydrogens is 438 g/mol. The third kappa shape index (κ3) is 5.17. The molecule has 0 aliphatic heterocycles. The molecule has 0 bridgehead atoms. The molecule has 2 heterocycles. The van der Waals surface area contributed by atoms with Crippen molar-refractivity contribution in [3.8, 4) is 11.6 Å². The molecule has 3 aromatic rings. The zero-order valence-corrected chi connectivity index (χ0v) is 19.2. The maximum absolute atomic E-state index is 12.7. The minimum absolute atomic E-state index is 0.101. The Hall–Kier alpha value is -2.63. The van der Waals surface area contributed by atoms with Gasteiger partial charge < -0.3 is 9.73 Å². The van der Waals surface area contributed by atoms with E-state index in [2.05, 4.69) is 15.5 Å². The van der Waals surface area contributed by atoms with Crippen LogP contribution >= 0.6 is 11.8 Å². The Bertz CT molecular complexity index is 1120. The summed E-state index contributed by atoms with van der Waals surface area (Å²) in [5.41, 5.74) is 0.423. The van der Waals surface area contributed by atoms with E-state index in [0.29, 0.717) is 42.1 Å². The Morgan fingerprint density at radius 3 is 2.58 bits per heavy atom. The third-order valence-corrected chi connectivity index (χ3v) is 7.58. The number of amides is 1. The highest BCUT2D eigenvalue weighted by Gasteiger charge is 2.22. The molecule has 0 radical (unpaired) electrons. The fourth-order valence-corrected chi connectivity index (χ4v) is 5.35. The highest BCUT2D eigenvalue weighted by Crippen LogP contribution is 2.25. The minimum Gasteiger partial charge on any atom is -0.461 e. The van der Waals surface area contributed by atoms with Gasteiger partial charge >= 0.3 is 0 Å². The van der Waals surface area contributed by atoms with Crippen molar-refractivity contribution in [1.82, 2.24) is 19.1 Å². The van der Waals surface area contributed by atoms with Crippen LogP contribution in [0.2, 0.25) is 0 Å². The molecule has 0 fully saturated rings. The molecule has 0 saturated heterocycles. The van der Waals surface area contributed by atoms with Crippen LogP contribution in [0.1, 0.15) is 20.8 Å². The Balaban J connectivity index is 1.67. The number of thioether (sulfide) groups is 1. The maximum atomic E-state index is 12.7. The summed E-state index contributed by atoms with van der Waals surface area (Å²) in [4.78, 5) is 12.6. The van der Waals surface area contributed by atoms with Crippen LogP contribution in [0.4, 0.5) is 5.69 Å². The molecule has 0 atom stereocenters. The van der Waals surface area contributed by atoms with Crippen LogP contribution < -0.4 is 5.32 Å². The van der Waals surface area contributed by atoms with Crippen molar-refractivity contribution in [2.45, 2.75) is 37.4 Å². The zero-order chi connectivity index (χ0) is 22.4. The summed E-state index contributed by atoms with van der Waals surface area (Å²) in [6.45, 7) is 6.92. The summed E-state index contributed by atoms with van der Waals surface area (Å²) in [7, 11) is -3.60. The molecule has 0 aliphatic carbocycles. The van der Waals surface area contributed by atoms with Crippen molar-refractivity contribution < 1.29 is 17.6 Å². The van der Waals surface area contributed by atoms with Crippen molar-refractivity contribution in [1.29, 1.82) is 0 Å². The second-order valence-corrected chi connectivity index (χ2v) is 9.36. The molecule has 0 spiro atoms. The number of nitrogens with one attached hydrogen (secondary N) is 1. The molecular formula is C20H25N5O4S2. The maximum Gasteiger partial charge on any atom is 0.243 e. The van der Waals surface area contributed by atoms with E-state index in [1.165, 1.54) is 28.2 Å². The summed E-state index contributed by atoms with van der Waals surface area (Å²) < 4.78 is 34.0. The number of furan rings is 1. The number of sulfonamides is 1. The monoisotopic (exact) mass is 463 g/mol. The molecule has 3 rings (SSSR count). The number of benzene rings is 1. The topological polar surface area (TPSA) is 110 Å². The normalized spacial score (nSPS) is 11.7. The number of anilines is 1. The zero-order valence-electron chi connectivity index (χ0n) is 17.6. The van der Waals surface area contributed by atoms with E-state index in [9.17, 15) is 13.2 Å². The summed E-state index contributed by atoms with van der Waals surface area (Å²) >= 11 is 1.25. The van der Waals surface area contributed by atoms with Gasteiger partial charge in [-0.15, -0.1) is 10.2 Å². The van der Waals surface area contributed by atoms with Gasteiger partial charge in [0.1, 0.15) is 0 Å². The lowest BCUT2D eigenvalue weighted by molar-refractivity contribution is -0.113. The van der Waals surface area contributed by atoms with E-state index in [4.69, 9.17) is 4.42 Å². The highest BCUT2D eigenvalue weighted by molar-refractivity contribution is 7.99. The van der Waals surface area contributed by atoms with E-state index in [1.807, 2.05) is 11.5 Å². The van der Waals surface area contributed by atoms with Gasteiger partial charge in [-0.3, -0.25) is 9.36 Å². The minimum atomic E-state index is -3.60. The van der Waals surface area contributed by atoms with Crippen LogP contribution in [0.5, 0.6) is 0 Å². The van der Waals surface area contributed by atoms with E-state index in [-0.39, 0.29) is 16.6 Å². The van der Waals surface area contributed by atoms with Gasteiger partial charge in [-0.2, -0.15) is 4.31 Å². The first kappa shape index (κ1) is 23.0. The average molecular weight is 464 g/mol. The van der Waals surface area contributed by atoms with E-state index >= 15 is 0 Å². The quantitative estimate of drug-likeness (QED) is 0.459. The first-order valence-corrected chi connectivity index (χ1v) is 12.3. The molecule has 0 aliphatic rings. The summed E-state index contributed by atoms with van der Waals surface area (Å²) in [5, 5.41) is 11.7. The number of rotatable bonds is 10. The molecule has 1 aromatic carbocycles.